The van der Waals surface area contributed by atoms with E-state index in [2.05, 4.69) is 69.3 Å². The van der Waals surface area contributed by atoms with Gasteiger partial charge in [-0.05, 0) is 22.3 Å². The minimum Gasteiger partial charge on any atom is -0.374 e. The van der Waals surface area contributed by atoms with Gasteiger partial charge in [0.1, 0.15) is 6.10 Å². The van der Waals surface area contributed by atoms with Gasteiger partial charge in [0.05, 0.1) is 39.0 Å². The highest BCUT2D eigenvalue weighted by atomic mass is 16.6. The van der Waals surface area contributed by atoms with Crippen LogP contribution in [0.2, 0.25) is 19.0 Å². The molecule has 0 unspecified atom stereocenters. The number of rotatable bonds is 17. The Labute approximate surface area is 276 Å². The molecule has 0 aromatic heterocycles. The zero-order valence-electron chi connectivity index (χ0n) is 27.6. The fourth-order valence-corrected chi connectivity index (χ4v) is 6.67. The van der Waals surface area contributed by atoms with Gasteiger partial charge in [0.25, 0.3) is 0 Å². The lowest BCUT2D eigenvalue weighted by Gasteiger charge is -2.47. The van der Waals surface area contributed by atoms with Gasteiger partial charge >= 0.3 is 0 Å². The normalized spacial score (nSPS) is 20.1. The first kappa shape index (κ1) is 34.0. The fourth-order valence-electron chi connectivity index (χ4n) is 6.67. The summed E-state index contributed by atoms with van der Waals surface area (Å²) in [5.74, 6) is 0. The van der Waals surface area contributed by atoms with E-state index in [0.29, 0.717) is 33.0 Å². The number of hydrogen-bond acceptors (Lipinski definition) is 5. The van der Waals surface area contributed by atoms with E-state index in [1.54, 1.807) is 0 Å². The zero-order valence-corrected chi connectivity index (χ0v) is 27.6. The summed E-state index contributed by atoms with van der Waals surface area (Å²) >= 11 is 0. The predicted molar refractivity (Wildman–Crippen MR) is 186 cm³/mol. The van der Waals surface area contributed by atoms with Gasteiger partial charge in [-0.15, -0.1) is 19.0 Å². The van der Waals surface area contributed by atoms with Gasteiger partial charge in [-0.3, -0.25) is 0 Å². The lowest BCUT2D eigenvalue weighted by atomic mass is 9.16. The van der Waals surface area contributed by atoms with Crippen LogP contribution in [-0.2, 0) is 50.1 Å². The van der Waals surface area contributed by atoms with Crippen molar-refractivity contribution in [1.82, 2.24) is 0 Å². The third-order valence-corrected chi connectivity index (χ3v) is 9.74. The van der Waals surface area contributed by atoms with E-state index in [1.807, 2.05) is 72.8 Å². The minimum atomic E-state index is -1.02. The molecule has 242 valence electrons. The highest BCUT2D eigenvalue weighted by Crippen LogP contribution is 2.43. The molecule has 4 aromatic rings. The van der Waals surface area contributed by atoms with E-state index < -0.39 is 24.5 Å². The molecule has 1 aliphatic rings. The molecule has 0 amide bonds. The first-order valence-electron chi connectivity index (χ1n) is 17.0. The van der Waals surface area contributed by atoms with Crippen molar-refractivity contribution in [1.29, 1.82) is 0 Å². The highest BCUT2D eigenvalue weighted by Gasteiger charge is 2.59. The largest absolute Gasteiger partial charge is 0.374 e. The summed E-state index contributed by atoms with van der Waals surface area (Å²) in [5.41, 5.74) is 4.44. The molecule has 5 rings (SSSR count). The summed E-state index contributed by atoms with van der Waals surface area (Å²) in [5, 5.41) is 0. The van der Waals surface area contributed by atoms with Gasteiger partial charge in [0, 0.05) is 0 Å². The maximum absolute atomic E-state index is 7.14. The summed E-state index contributed by atoms with van der Waals surface area (Å²) in [6, 6.07) is 42.2. The molecule has 5 nitrogen and oxygen atoms in total. The Morgan fingerprint density at radius 2 is 0.913 bits per heavy atom. The van der Waals surface area contributed by atoms with Crippen LogP contribution >= 0.6 is 0 Å². The van der Waals surface area contributed by atoms with Crippen LogP contribution in [0.4, 0.5) is 0 Å². The molecule has 0 radical (unpaired) electrons. The molecule has 1 heterocycles. The zero-order chi connectivity index (χ0) is 32.0. The molecule has 0 N–H and O–H groups in total. The molecule has 0 aliphatic carbocycles. The average Bonchev–Trinajstić information content (AvgIpc) is 3.12. The number of benzene rings is 4. The van der Waals surface area contributed by atoms with Gasteiger partial charge in [0.15, 0.2) is 12.2 Å². The van der Waals surface area contributed by atoms with Gasteiger partial charge in [-0.25, -0.2) is 4.74 Å². The molecular weight excluding hydrogens is 571 g/mol. The van der Waals surface area contributed by atoms with E-state index in [9.17, 15) is 0 Å². The molecule has 46 heavy (non-hydrogen) atoms. The summed E-state index contributed by atoms with van der Waals surface area (Å²) < 4.78 is 34.2. The van der Waals surface area contributed by atoms with Crippen LogP contribution in [0.3, 0.4) is 0 Å². The monoisotopic (exact) mass is 620 g/mol. The Morgan fingerprint density at radius 1 is 0.522 bits per heavy atom. The molecule has 1 saturated heterocycles. The van der Waals surface area contributed by atoms with Crippen molar-refractivity contribution in [3.05, 3.63) is 150 Å². The van der Waals surface area contributed by atoms with Gasteiger partial charge in [-0.2, -0.15) is 0 Å². The maximum Gasteiger partial charge on any atom is 0.240 e. The quantitative estimate of drug-likeness (QED) is 0.0872. The second kappa shape index (κ2) is 17.5. The predicted octanol–water partition coefficient (Wildman–Crippen LogP) is 8.94. The van der Waals surface area contributed by atoms with E-state index in [1.165, 1.54) is 0 Å². The third-order valence-electron chi connectivity index (χ3n) is 9.74. The van der Waals surface area contributed by atoms with Crippen LogP contribution in [0.15, 0.2) is 121 Å². The Hall–Kier alpha value is -3.39. The Balaban J connectivity index is 1.50. The SMILES string of the molecule is CC[B-](CC)(CC)[C+]1O[C@H](COCc2ccccc2)[C@@H](OCc2ccccc2)[C@H](OCc2ccccc2)[C@H]1OCc1ccccc1. The lowest BCUT2D eigenvalue weighted by molar-refractivity contribution is -0.234. The fraction of sp³-hybridized carbons (Fsp3) is 0.375. The molecule has 4 aromatic carbocycles. The van der Waals surface area contributed by atoms with Crippen LogP contribution in [-0.4, -0.2) is 37.2 Å². The summed E-state index contributed by atoms with van der Waals surface area (Å²) in [6.45, 7) is 9.02. The van der Waals surface area contributed by atoms with E-state index in [-0.39, 0.29) is 6.10 Å². The van der Waals surface area contributed by atoms with Crippen LogP contribution in [0.1, 0.15) is 43.0 Å². The first-order chi connectivity index (χ1) is 22.7. The molecule has 1 fully saturated rings. The Kier molecular flexibility index (Phi) is 12.9. The summed E-state index contributed by atoms with van der Waals surface area (Å²) in [4.78, 5) is 0. The van der Waals surface area contributed by atoms with E-state index >= 15 is 0 Å². The van der Waals surface area contributed by atoms with Crippen molar-refractivity contribution in [2.24, 2.45) is 0 Å². The topological polar surface area (TPSA) is 46.2 Å². The molecule has 6 heteroatoms. The van der Waals surface area contributed by atoms with Gasteiger partial charge in [-0.1, -0.05) is 142 Å². The standard InChI is InChI=1S/C40H49BO5/c1-4-41(5-2,6-3)40-39(45-30-35-25-17-10-18-26-35)38(44-29-34-23-15-9-16-24-34)37(43-28-33-21-13-8-14-22-33)36(46-40)31-42-27-32-19-11-7-12-20-32/h7-26,36-39H,4-6,27-31H2,1-3H3/t36-,37-,38+,39-/m1/s1. The number of ether oxygens (including phenoxy) is 5. The molecular formula is C40H49BO5. The Bertz CT molecular complexity index is 1380. The number of hydrogen-bond donors (Lipinski definition) is 0. The lowest BCUT2D eigenvalue weighted by Crippen LogP contribution is -2.64. The summed E-state index contributed by atoms with van der Waals surface area (Å²) in [6.07, 6.45) is 0.339. The molecule has 1 aliphatic heterocycles. The van der Waals surface area contributed by atoms with Crippen molar-refractivity contribution in [3.63, 3.8) is 0 Å². The first-order valence-corrected chi connectivity index (χ1v) is 17.0. The second-order valence-corrected chi connectivity index (χ2v) is 12.5. The van der Waals surface area contributed by atoms with Gasteiger partial charge in [0.2, 0.25) is 12.2 Å². The third kappa shape index (κ3) is 8.90. The van der Waals surface area contributed by atoms with Crippen LogP contribution in [0.5, 0.6) is 0 Å². The second-order valence-electron chi connectivity index (χ2n) is 12.5. The van der Waals surface area contributed by atoms with Crippen molar-refractivity contribution >= 4 is 6.15 Å². The molecule has 0 spiro atoms. The van der Waals surface area contributed by atoms with E-state index in [0.717, 1.165) is 47.2 Å². The molecule has 0 saturated carbocycles. The minimum absolute atomic E-state index is 0.370. The van der Waals surface area contributed by atoms with Crippen molar-refractivity contribution < 1.29 is 23.7 Å². The van der Waals surface area contributed by atoms with E-state index in [4.69, 9.17) is 23.7 Å². The highest BCUT2D eigenvalue weighted by molar-refractivity contribution is 6.84. The van der Waals surface area contributed by atoms with Crippen molar-refractivity contribution in [2.45, 2.75) is 90.6 Å². The van der Waals surface area contributed by atoms with Gasteiger partial charge < -0.3 is 18.9 Å². The molecule has 0 bridgehead atoms. The summed E-state index contributed by atoms with van der Waals surface area (Å²) in [7, 11) is 0. The Morgan fingerprint density at radius 3 is 1.35 bits per heavy atom. The van der Waals surface area contributed by atoms with Crippen molar-refractivity contribution in [2.75, 3.05) is 6.61 Å². The van der Waals surface area contributed by atoms with Crippen LogP contribution in [0, 0.1) is 6.00 Å². The van der Waals surface area contributed by atoms with Crippen molar-refractivity contribution in [3.8, 4) is 0 Å². The van der Waals surface area contributed by atoms with Crippen LogP contribution in [0.25, 0.3) is 0 Å². The smallest absolute Gasteiger partial charge is 0.240 e. The van der Waals surface area contributed by atoms with Crippen LogP contribution < -0.4 is 0 Å². The average molecular weight is 621 g/mol. The maximum atomic E-state index is 7.14. The molecule has 4 atom stereocenters.